The summed E-state index contributed by atoms with van der Waals surface area (Å²) in [6.07, 6.45) is 0. The lowest BCUT2D eigenvalue weighted by Crippen LogP contribution is -2.45. The van der Waals surface area contributed by atoms with Gasteiger partial charge >= 0.3 is 0 Å². The van der Waals surface area contributed by atoms with Gasteiger partial charge in [-0.15, -0.1) is 0 Å². The highest BCUT2D eigenvalue weighted by atomic mass is 16.5. The topological polar surface area (TPSA) is 50.8 Å². The minimum atomic E-state index is 0.133. The van der Waals surface area contributed by atoms with Gasteiger partial charge < -0.3 is 19.7 Å². The Morgan fingerprint density at radius 2 is 2.18 bits per heavy atom. The zero-order valence-corrected chi connectivity index (χ0v) is 10.5. The number of hydrogen-bond acceptors (Lipinski definition) is 4. The lowest BCUT2D eigenvalue weighted by molar-refractivity contribution is -0.134. The van der Waals surface area contributed by atoms with Gasteiger partial charge in [0.1, 0.15) is 0 Å². The number of nitrogens with zero attached hydrogens (tertiary/aromatic N) is 1. The number of morpholine rings is 1. The molecule has 0 bridgehead atoms. The Balaban J connectivity index is 1.98. The summed E-state index contributed by atoms with van der Waals surface area (Å²) in [5.41, 5.74) is 1.01. The molecular formula is C12H22N2O3. The van der Waals surface area contributed by atoms with Crippen molar-refractivity contribution in [2.24, 2.45) is 0 Å². The van der Waals surface area contributed by atoms with Crippen LogP contribution in [0.4, 0.5) is 0 Å². The van der Waals surface area contributed by atoms with Crippen molar-refractivity contribution in [2.75, 3.05) is 52.6 Å². The molecule has 0 saturated carbocycles. The van der Waals surface area contributed by atoms with Crippen LogP contribution in [-0.4, -0.2) is 63.4 Å². The van der Waals surface area contributed by atoms with E-state index >= 15 is 0 Å². The summed E-state index contributed by atoms with van der Waals surface area (Å²) in [7, 11) is 0. The predicted octanol–water partition coefficient (Wildman–Crippen LogP) is 0.0275. The fourth-order valence-electron chi connectivity index (χ4n) is 1.51. The quantitative estimate of drug-likeness (QED) is 0.505. The van der Waals surface area contributed by atoms with E-state index < -0.39 is 0 Å². The van der Waals surface area contributed by atoms with Crippen LogP contribution in [0.3, 0.4) is 0 Å². The maximum absolute atomic E-state index is 11.7. The van der Waals surface area contributed by atoms with Gasteiger partial charge in [-0.25, -0.2) is 0 Å². The monoisotopic (exact) mass is 242 g/mol. The third kappa shape index (κ3) is 6.41. The molecule has 0 atom stereocenters. The molecule has 1 N–H and O–H groups in total. The SMILES string of the molecule is C=C(C)COCCNCC(=O)N1CCOCC1. The minimum absolute atomic E-state index is 0.133. The van der Waals surface area contributed by atoms with E-state index in [0.717, 1.165) is 5.57 Å². The van der Waals surface area contributed by atoms with Crippen LogP contribution in [0.5, 0.6) is 0 Å². The molecule has 5 heteroatoms. The summed E-state index contributed by atoms with van der Waals surface area (Å²) < 4.78 is 10.5. The predicted molar refractivity (Wildman–Crippen MR) is 65.9 cm³/mol. The second-order valence-corrected chi connectivity index (χ2v) is 4.18. The first-order chi connectivity index (χ1) is 8.20. The lowest BCUT2D eigenvalue weighted by atomic mass is 10.4. The van der Waals surface area contributed by atoms with Gasteiger partial charge in [0.15, 0.2) is 0 Å². The molecule has 1 heterocycles. The van der Waals surface area contributed by atoms with E-state index in [9.17, 15) is 4.79 Å². The molecule has 1 aliphatic heterocycles. The van der Waals surface area contributed by atoms with Crippen molar-refractivity contribution in [3.63, 3.8) is 0 Å². The molecule has 1 aliphatic rings. The average Bonchev–Trinajstić information content (AvgIpc) is 2.34. The van der Waals surface area contributed by atoms with E-state index in [1.54, 1.807) is 0 Å². The Hall–Kier alpha value is -0.910. The highest BCUT2D eigenvalue weighted by Crippen LogP contribution is 1.96. The van der Waals surface area contributed by atoms with Gasteiger partial charge in [0.2, 0.25) is 5.91 Å². The lowest BCUT2D eigenvalue weighted by Gasteiger charge is -2.26. The Morgan fingerprint density at radius 1 is 1.47 bits per heavy atom. The van der Waals surface area contributed by atoms with Gasteiger partial charge in [-0.3, -0.25) is 4.79 Å². The van der Waals surface area contributed by atoms with Crippen molar-refractivity contribution >= 4 is 5.91 Å². The normalized spacial score (nSPS) is 15.9. The van der Waals surface area contributed by atoms with Gasteiger partial charge in [0, 0.05) is 19.6 Å². The second kappa shape index (κ2) is 8.22. The van der Waals surface area contributed by atoms with Gasteiger partial charge in [-0.05, 0) is 6.92 Å². The Bertz CT molecular complexity index is 250. The highest BCUT2D eigenvalue weighted by molar-refractivity contribution is 5.78. The third-order valence-corrected chi connectivity index (χ3v) is 2.41. The highest BCUT2D eigenvalue weighted by Gasteiger charge is 2.15. The van der Waals surface area contributed by atoms with Gasteiger partial charge in [-0.1, -0.05) is 12.2 Å². The maximum Gasteiger partial charge on any atom is 0.236 e. The maximum atomic E-state index is 11.7. The van der Waals surface area contributed by atoms with Gasteiger partial charge in [-0.2, -0.15) is 0 Å². The molecule has 0 radical (unpaired) electrons. The number of hydrogen-bond donors (Lipinski definition) is 1. The van der Waals surface area contributed by atoms with Crippen LogP contribution in [0.2, 0.25) is 0 Å². The van der Waals surface area contributed by atoms with E-state index in [1.807, 2.05) is 11.8 Å². The van der Waals surface area contributed by atoms with E-state index in [0.29, 0.717) is 52.6 Å². The first kappa shape index (κ1) is 14.2. The molecular weight excluding hydrogens is 220 g/mol. The molecule has 1 amide bonds. The van der Waals surface area contributed by atoms with Crippen LogP contribution in [0, 0.1) is 0 Å². The average molecular weight is 242 g/mol. The van der Waals surface area contributed by atoms with Crippen molar-refractivity contribution in [3.05, 3.63) is 12.2 Å². The van der Waals surface area contributed by atoms with Crippen molar-refractivity contribution in [1.29, 1.82) is 0 Å². The van der Waals surface area contributed by atoms with Crippen LogP contribution >= 0.6 is 0 Å². The molecule has 0 unspecified atom stereocenters. The number of nitrogens with one attached hydrogen (secondary N) is 1. The second-order valence-electron chi connectivity index (χ2n) is 4.18. The van der Waals surface area contributed by atoms with Crippen molar-refractivity contribution < 1.29 is 14.3 Å². The van der Waals surface area contributed by atoms with Crippen LogP contribution in [-0.2, 0) is 14.3 Å². The number of ether oxygens (including phenoxy) is 2. The molecule has 0 aromatic rings. The smallest absolute Gasteiger partial charge is 0.236 e. The summed E-state index contributed by atoms with van der Waals surface area (Å²) in [5, 5.41) is 3.07. The first-order valence-electron chi connectivity index (χ1n) is 5.98. The molecule has 0 aliphatic carbocycles. The zero-order valence-electron chi connectivity index (χ0n) is 10.5. The number of carbonyl (C=O) groups is 1. The van der Waals surface area contributed by atoms with E-state index in [1.165, 1.54) is 0 Å². The van der Waals surface area contributed by atoms with Crippen LogP contribution in [0.1, 0.15) is 6.92 Å². The van der Waals surface area contributed by atoms with Crippen molar-refractivity contribution in [1.82, 2.24) is 10.2 Å². The fraction of sp³-hybridized carbons (Fsp3) is 0.750. The number of carbonyl (C=O) groups excluding carboxylic acids is 1. The molecule has 17 heavy (non-hydrogen) atoms. The molecule has 1 saturated heterocycles. The molecule has 1 fully saturated rings. The van der Waals surface area contributed by atoms with Crippen LogP contribution in [0.15, 0.2) is 12.2 Å². The molecule has 0 aromatic carbocycles. The number of amides is 1. The van der Waals surface area contributed by atoms with Gasteiger partial charge in [0.05, 0.1) is 33.0 Å². The third-order valence-electron chi connectivity index (χ3n) is 2.41. The number of rotatable bonds is 7. The summed E-state index contributed by atoms with van der Waals surface area (Å²) in [6, 6.07) is 0. The Kier molecular flexibility index (Phi) is 6.84. The Labute approximate surface area is 103 Å². The van der Waals surface area contributed by atoms with E-state index in [2.05, 4.69) is 11.9 Å². The van der Waals surface area contributed by atoms with Crippen LogP contribution in [0.25, 0.3) is 0 Å². The standard InChI is InChI=1S/C12H22N2O3/c1-11(2)10-17-6-3-13-9-12(15)14-4-7-16-8-5-14/h13H,1,3-10H2,2H3. The Morgan fingerprint density at radius 3 is 2.82 bits per heavy atom. The largest absolute Gasteiger partial charge is 0.378 e. The van der Waals surface area contributed by atoms with E-state index in [4.69, 9.17) is 9.47 Å². The first-order valence-corrected chi connectivity index (χ1v) is 5.98. The van der Waals surface area contributed by atoms with Gasteiger partial charge in [0.25, 0.3) is 0 Å². The van der Waals surface area contributed by atoms with E-state index in [-0.39, 0.29) is 5.91 Å². The molecule has 0 spiro atoms. The molecule has 98 valence electrons. The molecule has 5 nitrogen and oxygen atoms in total. The summed E-state index contributed by atoms with van der Waals surface area (Å²) in [4.78, 5) is 13.5. The summed E-state index contributed by atoms with van der Waals surface area (Å²) >= 11 is 0. The fourth-order valence-corrected chi connectivity index (χ4v) is 1.51. The van der Waals surface area contributed by atoms with Crippen molar-refractivity contribution in [2.45, 2.75) is 6.92 Å². The molecule has 0 aromatic heterocycles. The van der Waals surface area contributed by atoms with Crippen LogP contribution < -0.4 is 5.32 Å². The minimum Gasteiger partial charge on any atom is -0.378 e. The van der Waals surface area contributed by atoms with Crippen molar-refractivity contribution in [3.8, 4) is 0 Å². The summed E-state index contributed by atoms with van der Waals surface area (Å²) in [5.74, 6) is 0.133. The zero-order chi connectivity index (χ0) is 12.5. The molecule has 1 rings (SSSR count). The summed E-state index contributed by atoms with van der Waals surface area (Å²) in [6.45, 7) is 10.6.